The number of hydrogen-bond acceptors (Lipinski definition) is 4. The van der Waals surface area contributed by atoms with Gasteiger partial charge in [0.1, 0.15) is 12.6 Å². The number of hydrogen-bond donors (Lipinski definition) is 1. The number of nitrogens with one attached hydrogen (secondary N) is 1. The van der Waals surface area contributed by atoms with Gasteiger partial charge in [0.2, 0.25) is 11.8 Å². The average molecular weight is 659 g/mol. The molecule has 232 valence electrons. The predicted octanol–water partition coefficient (Wildman–Crippen LogP) is 6.71. The van der Waals surface area contributed by atoms with Crippen molar-refractivity contribution in [3.05, 3.63) is 93.5 Å². The van der Waals surface area contributed by atoms with Crippen molar-refractivity contribution in [3.63, 3.8) is 0 Å². The maximum absolute atomic E-state index is 14.0. The van der Waals surface area contributed by atoms with E-state index in [1.54, 1.807) is 25.1 Å². The highest BCUT2D eigenvalue weighted by molar-refractivity contribution is 7.92. The molecule has 1 unspecified atom stereocenters. The van der Waals surface area contributed by atoms with Crippen molar-refractivity contribution in [1.29, 1.82) is 0 Å². The summed E-state index contributed by atoms with van der Waals surface area (Å²) in [5.74, 6) is -1.28. The summed E-state index contributed by atoms with van der Waals surface area (Å²) in [6.45, 7) is 6.11. The van der Waals surface area contributed by atoms with E-state index in [4.69, 9.17) is 23.2 Å². The number of sulfonamides is 1. The van der Waals surface area contributed by atoms with E-state index < -0.39 is 46.2 Å². The zero-order valence-corrected chi connectivity index (χ0v) is 26.3. The Balaban J connectivity index is 2.11. The van der Waals surface area contributed by atoms with Gasteiger partial charge < -0.3 is 10.2 Å². The van der Waals surface area contributed by atoms with Crippen molar-refractivity contribution in [2.75, 3.05) is 17.4 Å². The molecule has 0 aromatic heterocycles. The van der Waals surface area contributed by atoms with Crippen LogP contribution in [0.4, 0.5) is 18.9 Å². The number of carbonyl (C=O) groups excluding carboxylic acids is 2. The quantitative estimate of drug-likeness (QED) is 0.248. The molecule has 0 aliphatic rings. The summed E-state index contributed by atoms with van der Waals surface area (Å²) in [7, 11) is -4.55. The Bertz CT molecular complexity index is 1550. The normalized spacial score (nSPS) is 12.6. The second-order valence-electron chi connectivity index (χ2n) is 10.4. The highest BCUT2D eigenvalue weighted by Gasteiger charge is 2.35. The van der Waals surface area contributed by atoms with Crippen molar-refractivity contribution >= 4 is 50.7 Å². The molecule has 0 aliphatic heterocycles. The lowest BCUT2D eigenvalue weighted by Crippen LogP contribution is -2.51. The SMILES string of the molecule is Cc1ccc(S(=O)(=O)N(CC(=O)N(Cc2c(Cl)cccc2Cl)C(C)C(=O)NCC(C)C)c2cccc(C(F)(F)F)c2)cc1. The molecule has 3 rings (SSSR count). The van der Waals surface area contributed by atoms with Crippen LogP contribution in [0.15, 0.2) is 71.6 Å². The third kappa shape index (κ3) is 8.64. The smallest absolute Gasteiger partial charge is 0.354 e. The van der Waals surface area contributed by atoms with E-state index in [0.717, 1.165) is 22.6 Å². The summed E-state index contributed by atoms with van der Waals surface area (Å²) in [4.78, 5) is 27.9. The van der Waals surface area contributed by atoms with Crippen LogP contribution < -0.4 is 9.62 Å². The molecular formula is C30H32Cl2F3N3O4S. The van der Waals surface area contributed by atoms with Crippen LogP contribution >= 0.6 is 23.2 Å². The fourth-order valence-electron chi connectivity index (χ4n) is 4.09. The molecule has 1 N–H and O–H groups in total. The summed E-state index contributed by atoms with van der Waals surface area (Å²) < 4.78 is 69.2. The van der Waals surface area contributed by atoms with Crippen LogP contribution in [0.3, 0.4) is 0 Å². The fraction of sp³-hybridized carbons (Fsp3) is 0.333. The minimum Gasteiger partial charge on any atom is -0.354 e. The Morgan fingerprint density at radius 3 is 2.07 bits per heavy atom. The summed E-state index contributed by atoms with van der Waals surface area (Å²) in [5.41, 5.74) is -0.404. The first-order valence-electron chi connectivity index (χ1n) is 13.3. The van der Waals surface area contributed by atoms with E-state index in [9.17, 15) is 31.2 Å². The van der Waals surface area contributed by atoms with Crippen molar-refractivity contribution in [3.8, 4) is 0 Å². The van der Waals surface area contributed by atoms with E-state index in [0.29, 0.717) is 22.5 Å². The van der Waals surface area contributed by atoms with Gasteiger partial charge >= 0.3 is 6.18 Å². The highest BCUT2D eigenvalue weighted by Crippen LogP contribution is 2.34. The van der Waals surface area contributed by atoms with Gasteiger partial charge in [-0.1, -0.05) is 66.9 Å². The third-order valence-electron chi connectivity index (χ3n) is 6.59. The number of amides is 2. The first-order chi connectivity index (χ1) is 20.0. The summed E-state index contributed by atoms with van der Waals surface area (Å²) in [6, 6.07) is 12.9. The lowest BCUT2D eigenvalue weighted by Gasteiger charge is -2.32. The molecule has 3 aromatic rings. The van der Waals surface area contributed by atoms with Crippen LogP contribution in [0.2, 0.25) is 10.0 Å². The molecule has 0 saturated carbocycles. The van der Waals surface area contributed by atoms with Crippen LogP contribution in [0, 0.1) is 12.8 Å². The van der Waals surface area contributed by atoms with Gasteiger partial charge in [0.05, 0.1) is 16.1 Å². The van der Waals surface area contributed by atoms with E-state index in [-0.39, 0.29) is 33.1 Å². The molecule has 7 nitrogen and oxygen atoms in total. The molecule has 0 radical (unpaired) electrons. The molecule has 13 heteroatoms. The zero-order valence-electron chi connectivity index (χ0n) is 24.0. The van der Waals surface area contributed by atoms with Crippen LogP contribution in [0.5, 0.6) is 0 Å². The largest absolute Gasteiger partial charge is 0.416 e. The highest BCUT2D eigenvalue weighted by atomic mass is 35.5. The van der Waals surface area contributed by atoms with Crippen LogP contribution in [-0.2, 0) is 32.3 Å². The standard InChI is InChI=1S/C30H32Cl2F3N3O4S/c1-19(2)16-36-29(40)21(4)37(17-25-26(31)9-6-10-27(25)32)28(39)18-38(23-8-5-7-22(15-23)30(33,34)35)43(41,42)24-13-11-20(3)12-14-24/h5-15,19,21H,16-18H2,1-4H3,(H,36,40). The van der Waals surface area contributed by atoms with E-state index in [2.05, 4.69) is 5.32 Å². The van der Waals surface area contributed by atoms with Gasteiger partial charge in [-0.15, -0.1) is 0 Å². The predicted molar refractivity (Wildman–Crippen MR) is 161 cm³/mol. The van der Waals surface area contributed by atoms with E-state index >= 15 is 0 Å². The Kier molecular flexibility index (Phi) is 11.1. The second-order valence-corrected chi connectivity index (χ2v) is 13.1. The molecule has 2 amide bonds. The van der Waals surface area contributed by atoms with Gasteiger partial charge in [-0.3, -0.25) is 13.9 Å². The fourth-order valence-corrected chi connectivity index (χ4v) is 6.02. The average Bonchev–Trinajstić information content (AvgIpc) is 2.93. The number of nitrogens with zero attached hydrogens (tertiary/aromatic N) is 2. The van der Waals surface area contributed by atoms with Crippen LogP contribution in [0.25, 0.3) is 0 Å². The third-order valence-corrected chi connectivity index (χ3v) is 9.09. The Labute approximate surface area is 259 Å². The van der Waals surface area contributed by atoms with Crippen molar-refractivity contribution in [2.45, 2.75) is 51.4 Å². The van der Waals surface area contributed by atoms with Crippen molar-refractivity contribution in [1.82, 2.24) is 10.2 Å². The molecule has 0 bridgehead atoms. The first kappa shape index (κ1) is 34.2. The van der Waals surface area contributed by atoms with Gasteiger partial charge in [-0.2, -0.15) is 13.2 Å². The lowest BCUT2D eigenvalue weighted by molar-refractivity contribution is -0.139. The monoisotopic (exact) mass is 657 g/mol. The number of halogens is 5. The van der Waals surface area contributed by atoms with Crippen LogP contribution in [0.1, 0.15) is 37.5 Å². The van der Waals surface area contributed by atoms with Crippen molar-refractivity contribution < 1.29 is 31.2 Å². The number of alkyl halides is 3. The van der Waals surface area contributed by atoms with Gasteiger partial charge in [-0.25, -0.2) is 8.42 Å². The number of benzene rings is 3. The maximum Gasteiger partial charge on any atom is 0.416 e. The van der Waals surface area contributed by atoms with Gasteiger partial charge in [0.15, 0.2) is 0 Å². The number of carbonyl (C=O) groups is 2. The molecule has 3 aromatic carbocycles. The molecule has 43 heavy (non-hydrogen) atoms. The Hall–Kier alpha value is -3.28. The van der Waals surface area contributed by atoms with E-state index in [1.807, 2.05) is 13.8 Å². The molecule has 0 fully saturated rings. The molecule has 1 atom stereocenters. The number of rotatable bonds is 11. The Morgan fingerprint density at radius 1 is 0.930 bits per heavy atom. The molecule has 0 spiro atoms. The zero-order chi connectivity index (χ0) is 32.1. The number of aryl methyl sites for hydroxylation is 1. The van der Waals surface area contributed by atoms with Crippen LogP contribution in [-0.4, -0.2) is 44.3 Å². The van der Waals surface area contributed by atoms with Gasteiger partial charge in [0, 0.05) is 28.7 Å². The Morgan fingerprint density at radius 2 is 1.51 bits per heavy atom. The second kappa shape index (κ2) is 14.0. The minimum atomic E-state index is -4.77. The van der Waals surface area contributed by atoms with Gasteiger partial charge in [0.25, 0.3) is 10.0 Å². The van der Waals surface area contributed by atoms with Crippen molar-refractivity contribution in [2.24, 2.45) is 5.92 Å². The minimum absolute atomic E-state index is 0.106. The lowest BCUT2D eigenvalue weighted by atomic mass is 10.1. The topological polar surface area (TPSA) is 86.8 Å². The maximum atomic E-state index is 14.0. The number of anilines is 1. The van der Waals surface area contributed by atoms with E-state index in [1.165, 1.54) is 37.3 Å². The molecule has 0 heterocycles. The summed E-state index contributed by atoms with van der Waals surface area (Å²) >= 11 is 12.7. The molecule has 0 aliphatic carbocycles. The molecular weight excluding hydrogens is 626 g/mol. The molecule has 0 saturated heterocycles. The first-order valence-corrected chi connectivity index (χ1v) is 15.5. The summed E-state index contributed by atoms with van der Waals surface area (Å²) in [6.07, 6.45) is -4.77. The summed E-state index contributed by atoms with van der Waals surface area (Å²) in [5, 5.41) is 3.17. The van der Waals surface area contributed by atoms with Gasteiger partial charge in [-0.05, 0) is 62.2 Å².